The molecule has 80 valence electrons. The Morgan fingerprint density at radius 1 is 1.25 bits per heavy atom. The molecule has 0 unspecified atom stereocenters. The first-order valence-electron chi connectivity index (χ1n) is 4.35. The summed E-state index contributed by atoms with van der Waals surface area (Å²) >= 11 is 3.30. The molecule has 0 saturated heterocycles. The van der Waals surface area contributed by atoms with Gasteiger partial charge in [0.25, 0.3) is 0 Å². The van der Waals surface area contributed by atoms with Gasteiger partial charge in [0.15, 0.2) is 11.5 Å². The quantitative estimate of drug-likeness (QED) is 0.910. The third kappa shape index (κ3) is 2.06. The van der Waals surface area contributed by atoms with E-state index in [2.05, 4.69) is 30.9 Å². The maximum atomic E-state index is 10.7. The van der Waals surface area contributed by atoms with Crippen LogP contribution >= 0.6 is 15.9 Å². The SMILES string of the molecule is O=C(O)c1ccnc(-c2ncccc2Br)n1. The van der Waals surface area contributed by atoms with Crippen LogP contribution in [0.25, 0.3) is 11.5 Å². The van der Waals surface area contributed by atoms with E-state index in [9.17, 15) is 4.79 Å². The molecule has 5 nitrogen and oxygen atoms in total. The number of nitrogens with zero attached hydrogens (tertiary/aromatic N) is 3. The van der Waals surface area contributed by atoms with Gasteiger partial charge in [-0.05, 0) is 34.1 Å². The van der Waals surface area contributed by atoms with E-state index >= 15 is 0 Å². The van der Waals surface area contributed by atoms with Crippen LogP contribution in [0.4, 0.5) is 0 Å². The Balaban J connectivity index is 2.53. The fourth-order valence-corrected chi connectivity index (χ4v) is 1.57. The zero-order chi connectivity index (χ0) is 11.5. The van der Waals surface area contributed by atoms with E-state index in [4.69, 9.17) is 5.11 Å². The van der Waals surface area contributed by atoms with Crippen LogP contribution in [0.2, 0.25) is 0 Å². The second-order valence-corrected chi connectivity index (χ2v) is 3.76. The van der Waals surface area contributed by atoms with Crippen LogP contribution in [0, 0.1) is 0 Å². The molecule has 0 radical (unpaired) electrons. The van der Waals surface area contributed by atoms with Gasteiger partial charge in [-0.25, -0.2) is 14.8 Å². The average molecular weight is 280 g/mol. The van der Waals surface area contributed by atoms with Gasteiger partial charge in [-0.1, -0.05) is 0 Å². The van der Waals surface area contributed by atoms with Crippen molar-refractivity contribution in [3.05, 3.63) is 40.8 Å². The van der Waals surface area contributed by atoms with Crippen molar-refractivity contribution in [2.75, 3.05) is 0 Å². The average Bonchev–Trinajstić information content (AvgIpc) is 2.30. The van der Waals surface area contributed by atoms with Crippen LogP contribution in [0.5, 0.6) is 0 Å². The maximum absolute atomic E-state index is 10.7. The molecule has 0 saturated carbocycles. The van der Waals surface area contributed by atoms with Crippen LogP contribution in [-0.4, -0.2) is 26.0 Å². The molecule has 1 N–H and O–H groups in total. The molecule has 0 aliphatic carbocycles. The molecule has 2 aromatic heterocycles. The largest absolute Gasteiger partial charge is 0.477 e. The molecule has 16 heavy (non-hydrogen) atoms. The Kier molecular flexibility index (Phi) is 2.91. The third-order valence-corrected chi connectivity index (χ3v) is 2.48. The Hall–Kier alpha value is -1.82. The van der Waals surface area contributed by atoms with Crippen molar-refractivity contribution >= 4 is 21.9 Å². The second-order valence-electron chi connectivity index (χ2n) is 2.90. The highest BCUT2D eigenvalue weighted by Crippen LogP contribution is 2.22. The number of halogens is 1. The molecule has 0 amide bonds. The number of aromatic nitrogens is 3. The summed E-state index contributed by atoms with van der Waals surface area (Å²) < 4.78 is 0.720. The van der Waals surface area contributed by atoms with E-state index in [0.717, 1.165) is 4.47 Å². The van der Waals surface area contributed by atoms with Crippen LogP contribution in [-0.2, 0) is 0 Å². The Labute approximate surface area is 99.3 Å². The first-order valence-corrected chi connectivity index (χ1v) is 5.15. The Morgan fingerprint density at radius 3 is 2.75 bits per heavy atom. The second kappa shape index (κ2) is 4.36. The highest BCUT2D eigenvalue weighted by Gasteiger charge is 2.10. The van der Waals surface area contributed by atoms with Crippen LogP contribution in [0.15, 0.2) is 35.1 Å². The van der Waals surface area contributed by atoms with Crippen LogP contribution in [0.1, 0.15) is 10.5 Å². The Morgan fingerprint density at radius 2 is 2.06 bits per heavy atom. The number of aromatic carboxylic acids is 1. The minimum atomic E-state index is -1.09. The van der Waals surface area contributed by atoms with Gasteiger partial charge in [0.05, 0.1) is 0 Å². The van der Waals surface area contributed by atoms with E-state index in [1.165, 1.54) is 12.3 Å². The van der Waals surface area contributed by atoms with E-state index in [1.807, 2.05) is 0 Å². The summed E-state index contributed by atoms with van der Waals surface area (Å²) in [5.41, 5.74) is 0.466. The van der Waals surface area contributed by atoms with Crippen molar-refractivity contribution in [1.82, 2.24) is 15.0 Å². The first kappa shape index (κ1) is 10.7. The lowest BCUT2D eigenvalue weighted by Crippen LogP contribution is -2.03. The van der Waals surface area contributed by atoms with Gasteiger partial charge in [0, 0.05) is 16.9 Å². The van der Waals surface area contributed by atoms with Crippen molar-refractivity contribution < 1.29 is 9.90 Å². The van der Waals surface area contributed by atoms with Gasteiger partial charge in [0.2, 0.25) is 0 Å². The van der Waals surface area contributed by atoms with Gasteiger partial charge < -0.3 is 5.11 Å². The molecule has 0 bridgehead atoms. The van der Waals surface area contributed by atoms with Gasteiger partial charge in [0.1, 0.15) is 5.69 Å². The van der Waals surface area contributed by atoms with Crippen molar-refractivity contribution in [3.8, 4) is 11.5 Å². The number of hydrogen-bond acceptors (Lipinski definition) is 4. The number of hydrogen-bond donors (Lipinski definition) is 1. The van der Waals surface area contributed by atoms with Gasteiger partial charge in [-0.3, -0.25) is 4.98 Å². The minimum absolute atomic E-state index is 0.0532. The summed E-state index contributed by atoms with van der Waals surface area (Å²) in [6.45, 7) is 0. The number of carbonyl (C=O) groups is 1. The smallest absolute Gasteiger partial charge is 0.354 e. The van der Waals surface area contributed by atoms with Crippen LogP contribution < -0.4 is 0 Å². The molecule has 2 heterocycles. The van der Waals surface area contributed by atoms with E-state index in [-0.39, 0.29) is 11.5 Å². The van der Waals surface area contributed by atoms with Crippen molar-refractivity contribution in [2.24, 2.45) is 0 Å². The summed E-state index contributed by atoms with van der Waals surface area (Å²) in [6, 6.07) is 4.89. The van der Waals surface area contributed by atoms with Crippen molar-refractivity contribution in [1.29, 1.82) is 0 Å². The van der Waals surface area contributed by atoms with Gasteiger partial charge >= 0.3 is 5.97 Å². The maximum Gasteiger partial charge on any atom is 0.354 e. The molecular weight excluding hydrogens is 274 g/mol. The molecule has 0 atom stereocenters. The zero-order valence-electron chi connectivity index (χ0n) is 7.96. The van der Waals surface area contributed by atoms with E-state index in [1.54, 1.807) is 18.3 Å². The van der Waals surface area contributed by atoms with Crippen molar-refractivity contribution in [2.45, 2.75) is 0 Å². The molecule has 0 fully saturated rings. The van der Waals surface area contributed by atoms with E-state index < -0.39 is 5.97 Å². The predicted octanol–water partition coefficient (Wildman–Crippen LogP) is 2.00. The summed E-state index contributed by atoms with van der Waals surface area (Å²) in [6.07, 6.45) is 2.99. The first-order chi connectivity index (χ1) is 7.68. The molecule has 0 spiro atoms. The predicted molar refractivity (Wildman–Crippen MR) is 59.9 cm³/mol. The number of pyridine rings is 1. The normalized spacial score (nSPS) is 10.1. The van der Waals surface area contributed by atoms with Crippen molar-refractivity contribution in [3.63, 3.8) is 0 Å². The summed E-state index contributed by atoms with van der Waals surface area (Å²) in [5, 5.41) is 8.80. The minimum Gasteiger partial charge on any atom is -0.477 e. The standard InChI is InChI=1S/C10H6BrN3O2/c11-6-2-1-4-12-8(6)9-13-5-3-7(14-9)10(15)16/h1-5H,(H,15,16). The number of carboxylic acids is 1. The lowest BCUT2D eigenvalue weighted by molar-refractivity contribution is 0.0690. The summed E-state index contributed by atoms with van der Waals surface area (Å²) in [5.74, 6) is -0.803. The summed E-state index contributed by atoms with van der Waals surface area (Å²) in [4.78, 5) is 22.7. The lowest BCUT2D eigenvalue weighted by Gasteiger charge is -2.01. The Bertz CT molecular complexity index is 545. The van der Waals surface area contributed by atoms with Gasteiger partial charge in [-0.15, -0.1) is 0 Å². The molecule has 0 aliphatic heterocycles. The highest BCUT2D eigenvalue weighted by atomic mass is 79.9. The fourth-order valence-electron chi connectivity index (χ4n) is 1.14. The number of carboxylic acid groups (broad SMARTS) is 1. The summed E-state index contributed by atoms with van der Waals surface area (Å²) in [7, 11) is 0. The zero-order valence-corrected chi connectivity index (χ0v) is 9.55. The van der Waals surface area contributed by atoms with Crippen LogP contribution in [0.3, 0.4) is 0 Å². The topological polar surface area (TPSA) is 76.0 Å². The van der Waals surface area contributed by atoms with E-state index in [0.29, 0.717) is 5.69 Å². The monoisotopic (exact) mass is 279 g/mol. The molecular formula is C10H6BrN3O2. The number of rotatable bonds is 2. The third-order valence-electron chi connectivity index (χ3n) is 1.84. The molecule has 6 heteroatoms. The lowest BCUT2D eigenvalue weighted by atomic mass is 10.3. The van der Waals surface area contributed by atoms with Gasteiger partial charge in [-0.2, -0.15) is 0 Å². The molecule has 0 aromatic carbocycles. The highest BCUT2D eigenvalue weighted by molar-refractivity contribution is 9.10. The molecule has 2 aromatic rings. The molecule has 2 rings (SSSR count). The fraction of sp³-hybridized carbons (Fsp3) is 0. The molecule has 0 aliphatic rings.